The SMILES string of the molecule is Cc1[nH]nnc1-c1ccnc(-c2cn(C[C@H]3COc4ccc(C5CC5)cc43)cn2)c1. The molecule has 2 aliphatic rings. The van der Waals surface area contributed by atoms with E-state index in [1.807, 2.05) is 25.4 Å². The summed E-state index contributed by atoms with van der Waals surface area (Å²) in [6.45, 7) is 3.52. The van der Waals surface area contributed by atoms with Gasteiger partial charge in [-0.25, -0.2) is 4.98 Å². The topological polar surface area (TPSA) is 81.5 Å². The van der Waals surface area contributed by atoms with Crippen LogP contribution in [0.4, 0.5) is 0 Å². The highest BCUT2D eigenvalue weighted by Gasteiger charge is 2.29. The Bertz CT molecular complexity index is 1220. The average molecular weight is 398 g/mol. The second-order valence-corrected chi connectivity index (χ2v) is 8.25. The molecule has 1 fully saturated rings. The lowest BCUT2D eigenvalue weighted by Crippen LogP contribution is -2.09. The molecule has 6 rings (SSSR count). The molecule has 0 radical (unpaired) electrons. The Balaban J connectivity index is 1.24. The largest absolute Gasteiger partial charge is 0.493 e. The van der Waals surface area contributed by atoms with E-state index in [4.69, 9.17) is 4.74 Å². The van der Waals surface area contributed by atoms with Crippen LogP contribution in [0.1, 0.15) is 41.5 Å². The van der Waals surface area contributed by atoms with Gasteiger partial charge in [0.25, 0.3) is 0 Å². The molecule has 1 aliphatic heterocycles. The minimum atomic E-state index is 0.345. The number of H-pyrrole nitrogens is 1. The van der Waals surface area contributed by atoms with E-state index in [0.717, 1.165) is 53.2 Å². The van der Waals surface area contributed by atoms with Gasteiger partial charge < -0.3 is 9.30 Å². The van der Waals surface area contributed by atoms with Crippen molar-refractivity contribution in [1.82, 2.24) is 29.9 Å². The lowest BCUT2D eigenvalue weighted by molar-refractivity contribution is 0.319. The fourth-order valence-corrected chi connectivity index (χ4v) is 4.24. The normalized spacial score (nSPS) is 17.7. The number of imidazole rings is 1. The third-order valence-corrected chi connectivity index (χ3v) is 6.05. The number of hydrogen-bond donors (Lipinski definition) is 1. The highest BCUT2D eigenvalue weighted by molar-refractivity contribution is 5.67. The number of rotatable bonds is 5. The first-order valence-electron chi connectivity index (χ1n) is 10.4. The quantitative estimate of drug-likeness (QED) is 0.548. The molecule has 4 aromatic rings. The number of aromatic amines is 1. The second-order valence-electron chi connectivity index (χ2n) is 8.25. The molecule has 0 saturated heterocycles. The molecule has 1 aromatic carbocycles. The van der Waals surface area contributed by atoms with E-state index in [-0.39, 0.29) is 0 Å². The van der Waals surface area contributed by atoms with Crippen molar-refractivity contribution < 1.29 is 4.74 Å². The van der Waals surface area contributed by atoms with Crippen molar-refractivity contribution in [2.75, 3.05) is 6.61 Å². The molecule has 7 nitrogen and oxygen atoms in total. The number of pyridine rings is 1. The van der Waals surface area contributed by atoms with Crippen molar-refractivity contribution in [3.63, 3.8) is 0 Å². The molecule has 0 spiro atoms. The van der Waals surface area contributed by atoms with Gasteiger partial charge in [0, 0.05) is 36.0 Å². The van der Waals surface area contributed by atoms with Crippen molar-refractivity contribution in [2.24, 2.45) is 0 Å². The molecule has 150 valence electrons. The Hall–Kier alpha value is -3.48. The van der Waals surface area contributed by atoms with Crippen LogP contribution in [-0.4, -0.2) is 36.6 Å². The first-order valence-corrected chi connectivity index (χ1v) is 10.4. The molecule has 1 aliphatic carbocycles. The van der Waals surface area contributed by atoms with Gasteiger partial charge in [-0.3, -0.25) is 10.1 Å². The highest BCUT2D eigenvalue weighted by atomic mass is 16.5. The summed E-state index contributed by atoms with van der Waals surface area (Å²) >= 11 is 0. The molecule has 0 amide bonds. The first-order chi connectivity index (χ1) is 14.7. The zero-order chi connectivity index (χ0) is 20.1. The number of benzene rings is 1. The fourth-order valence-electron chi connectivity index (χ4n) is 4.24. The van der Waals surface area contributed by atoms with Gasteiger partial charge in [0.1, 0.15) is 17.1 Å². The monoisotopic (exact) mass is 398 g/mol. The number of nitrogens with one attached hydrogen (secondary N) is 1. The van der Waals surface area contributed by atoms with Crippen LogP contribution < -0.4 is 4.74 Å². The smallest absolute Gasteiger partial charge is 0.123 e. The lowest BCUT2D eigenvalue weighted by atomic mass is 9.97. The van der Waals surface area contributed by atoms with Crippen LogP contribution in [0.2, 0.25) is 0 Å². The van der Waals surface area contributed by atoms with Gasteiger partial charge in [-0.1, -0.05) is 17.3 Å². The summed E-state index contributed by atoms with van der Waals surface area (Å²) < 4.78 is 8.07. The predicted octanol–water partition coefficient (Wildman–Crippen LogP) is 4.09. The van der Waals surface area contributed by atoms with Gasteiger partial charge in [0.15, 0.2) is 0 Å². The van der Waals surface area contributed by atoms with Crippen LogP contribution in [0, 0.1) is 6.92 Å². The summed E-state index contributed by atoms with van der Waals surface area (Å²) in [4.78, 5) is 9.11. The van der Waals surface area contributed by atoms with E-state index in [9.17, 15) is 0 Å². The molecule has 3 aromatic heterocycles. The van der Waals surface area contributed by atoms with Gasteiger partial charge in [-0.05, 0) is 49.4 Å². The zero-order valence-electron chi connectivity index (χ0n) is 16.7. The third-order valence-electron chi connectivity index (χ3n) is 6.05. The van der Waals surface area contributed by atoms with Crippen molar-refractivity contribution in [2.45, 2.75) is 38.1 Å². The van der Waals surface area contributed by atoms with Crippen LogP contribution in [0.15, 0.2) is 49.1 Å². The molecule has 1 N–H and O–H groups in total. The Labute approximate surface area is 174 Å². The van der Waals surface area contributed by atoms with Crippen molar-refractivity contribution in [3.8, 4) is 28.4 Å². The van der Waals surface area contributed by atoms with E-state index in [1.54, 1.807) is 6.20 Å². The molecule has 0 bridgehead atoms. The number of nitrogens with zero attached hydrogens (tertiary/aromatic N) is 5. The van der Waals surface area contributed by atoms with Crippen LogP contribution in [0.5, 0.6) is 5.75 Å². The number of hydrogen-bond acceptors (Lipinski definition) is 5. The van der Waals surface area contributed by atoms with Gasteiger partial charge in [-0.15, -0.1) is 5.10 Å². The summed E-state index contributed by atoms with van der Waals surface area (Å²) in [5.41, 5.74) is 7.21. The third kappa shape index (κ3) is 3.07. The maximum absolute atomic E-state index is 5.94. The average Bonchev–Trinajstić information content (AvgIpc) is 3.17. The van der Waals surface area contributed by atoms with Gasteiger partial charge in [0.05, 0.1) is 24.3 Å². The Morgan fingerprint density at radius 2 is 2.07 bits per heavy atom. The van der Waals surface area contributed by atoms with Crippen LogP contribution >= 0.6 is 0 Å². The van der Waals surface area contributed by atoms with Crippen LogP contribution in [0.25, 0.3) is 22.6 Å². The van der Waals surface area contributed by atoms with E-state index >= 15 is 0 Å². The molecule has 7 heteroatoms. The number of ether oxygens (including phenoxy) is 1. The zero-order valence-corrected chi connectivity index (χ0v) is 16.7. The number of aryl methyl sites for hydroxylation is 1. The fraction of sp³-hybridized carbons (Fsp3) is 0.304. The summed E-state index contributed by atoms with van der Waals surface area (Å²) in [7, 11) is 0. The molecule has 1 atom stereocenters. The predicted molar refractivity (Wildman–Crippen MR) is 112 cm³/mol. The van der Waals surface area contributed by atoms with Crippen molar-refractivity contribution in [3.05, 3.63) is 65.9 Å². The van der Waals surface area contributed by atoms with E-state index in [2.05, 4.69) is 54.3 Å². The maximum Gasteiger partial charge on any atom is 0.123 e. The highest BCUT2D eigenvalue weighted by Crippen LogP contribution is 2.44. The second kappa shape index (κ2) is 6.79. The molecule has 4 heterocycles. The van der Waals surface area contributed by atoms with Gasteiger partial charge in [-0.2, -0.15) is 0 Å². The summed E-state index contributed by atoms with van der Waals surface area (Å²) in [5, 5.41) is 10.9. The summed E-state index contributed by atoms with van der Waals surface area (Å²) in [5.74, 6) is 2.13. The molecule has 30 heavy (non-hydrogen) atoms. The van der Waals surface area contributed by atoms with E-state index < -0.39 is 0 Å². The lowest BCUT2D eigenvalue weighted by Gasteiger charge is -2.10. The number of aromatic nitrogens is 6. The van der Waals surface area contributed by atoms with Crippen LogP contribution in [0.3, 0.4) is 0 Å². The van der Waals surface area contributed by atoms with Gasteiger partial charge in [0.2, 0.25) is 0 Å². The van der Waals surface area contributed by atoms with Crippen LogP contribution in [-0.2, 0) is 6.54 Å². The van der Waals surface area contributed by atoms with E-state index in [1.165, 1.54) is 24.0 Å². The molecule has 0 unspecified atom stereocenters. The molecule has 1 saturated carbocycles. The Morgan fingerprint density at radius 1 is 1.13 bits per heavy atom. The molecular weight excluding hydrogens is 376 g/mol. The molecular formula is C23H22N6O. The first kappa shape index (κ1) is 17.4. The Kier molecular flexibility index (Phi) is 3.94. The van der Waals surface area contributed by atoms with E-state index in [0.29, 0.717) is 5.92 Å². The Morgan fingerprint density at radius 3 is 2.90 bits per heavy atom. The maximum atomic E-state index is 5.94. The minimum Gasteiger partial charge on any atom is -0.493 e. The van der Waals surface area contributed by atoms with Gasteiger partial charge >= 0.3 is 0 Å². The summed E-state index contributed by atoms with van der Waals surface area (Å²) in [6.07, 6.45) is 8.36. The van der Waals surface area contributed by atoms with Crippen molar-refractivity contribution >= 4 is 0 Å². The van der Waals surface area contributed by atoms with Crippen molar-refractivity contribution in [1.29, 1.82) is 0 Å². The number of fused-ring (bicyclic) bond motifs is 1. The minimum absolute atomic E-state index is 0.345. The standard InChI is InChI=1S/C23H22N6O/c1-14-23(27-28-26-14)17-6-7-24-20(9-17)21-11-29(13-25-21)10-18-12-30-22-5-4-16(8-19(18)22)15-2-3-15/h4-9,11,13,15,18H,2-3,10,12H2,1H3,(H,26,27,28)/t18-/m0/s1. The summed E-state index contributed by atoms with van der Waals surface area (Å²) in [6, 6.07) is 10.7.